The van der Waals surface area contributed by atoms with E-state index in [2.05, 4.69) is 10.2 Å². The molecule has 4 nitrogen and oxygen atoms in total. The number of benzene rings is 4. The second-order valence-corrected chi connectivity index (χ2v) is 7.17. The van der Waals surface area contributed by atoms with Crippen LogP contribution in [-0.4, -0.2) is 11.3 Å². The predicted octanol–water partition coefficient (Wildman–Crippen LogP) is 6.85. The summed E-state index contributed by atoms with van der Waals surface area (Å²) in [6.45, 7) is 0. The van der Waals surface area contributed by atoms with Gasteiger partial charge in [-0.25, -0.2) is 0 Å². The Hall–Kier alpha value is -4.05. The van der Waals surface area contributed by atoms with Gasteiger partial charge in [0.1, 0.15) is 11.3 Å². The smallest absolute Gasteiger partial charge is 0.133 e. The third-order valence-electron chi connectivity index (χ3n) is 5.33. The molecule has 0 saturated carbocycles. The third kappa shape index (κ3) is 3.08. The summed E-state index contributed by atoms with van der Waals surface area (Å²) in [6, 6.07) is 29.2. The number of phenolic OH excluding ortho intramolecular Hbond substituents is 1. The maximum absolute atomic E-state index is 10.8. The van der Waals surface area contributed by atoms with Crippen LogP contribution >= 0.6 is 0 Å². The number of azo groups is 1. The number of nitrogens with zero attached hydrogens (tertiary/aromatic N) is 3. The van der Waals surface area contributed by atoms with E-state index in [0.29, 0.717) is 0 Å². The molecule has 144 valence electrons. The van der Waals surface area contributed by atoms with Crippen LogP contribution in [0.2, 0.25) is 0 Å². The van der Waals surface area contributed by atoms with E-state index in [9.17, 15) is 5.11 Å². The molecule has 1 heterocycles. The van der Waals surface area contributed by atoms with Crippen molar-refractivity contribution in [2.24, 2.45) is 15.2 Å². The minimum absolute atomic E-state index is 0.227. The molecule has 0 saturated heterocycles. The zero-order valence-corrected chi connectivity index (χ0v) is 16.2. The molecular formula is C26H19N3O. The van der Waals surface area contributed by atoms with Gasteiger partial charge in [-0.15, -0.1) is 0 Å². The van der Waals surface area contributed by atoms with Crippen molar-refractivity contribution >= 4 is 28.4 Å². The molecule has 30 heavy (non-hydrogen) atoms. The molecule has 1 atom stereocenters. The molecule has 1 unspecified atom stereocenters. The van der Waals surface area contributed by atoms with Gasteiger partial charge in [-0.2, -0.15) is 10.2 Å². The molecule has 1 aliphatic rings. The van der Waals surface area contributed by atoms with Crippen LogP contribution in [0.5, 0.6) is 5.75 Å². The van der Waals surface area contributed by atoms with E-state index in [1.165, 1.54) is 0 Å². The molecule has 1 aliphatic heterocycles. The lowest BCUT2D eigenvalue weighted by molar-refractivity contribution is 0.459. The molecule has 5 rings (SSSR count). The molecule has 0 radical (unpaired) electrons. The van der Waals surface area contributed by atoms with Gasteiger partial charge >= 0.3 is 0 Å². The number of aromatic hydroxyl groups is 1. The summed E-state index contributed by atoms with van der Waals surface area (Å²) in [5.41, 5.74) is 2.52. The molecule has 0 amide bonds. The highest BCUT2D eigenvalue weighted by molar-refractivity contribution is 5.91. The molecular weight excluding hydrogens is 370 g/mol. The van der Waals surface area contributed by atoms with Gasteiger partial charge in [0.25, 0.3) is 0 Å². The maximum atomic E-state index is 10.8. The van der Waals surface area contributed by atoms with Crippen molar-refractivity contribution < 1.29 is 5.11 Å². The summed E-state index contributed by atoms with van der Waals surface area (Å²) in [7, 11) is 0. The van der Waals surface area contributed by atoms with Crippen molar-refractivity contribution in [2.75, 3.05) is 0 Å². The van der Waals surface area contributed by atoms with E-state index in [-0.39, 0.29) is 5.75 Å². The number of fused-ring (bicyclic) bond motifs is 1. The van der Waals surface area contributed by atoms with Crippen molar-refractivity contribution in [1.29, 1.82) is 0 Å². The van der Waals surface area contributed by atoms with Crippen LogP contribution in [0.25, 0.3) is 10.8 Å². The highest BCUT2D eigenvalue weighted by Crippen LogP contribution is 2.45. The van der Waals surface area contributed by atoms with Crippen molar-refractivity contribution in [3.05, 3.63) is 114 Å². The fraction of sp³-hybridized carbons (Fsp3) is 0.0385. The average Bonchev–Trinajstić information content (AvgIpc) is 3.29. The van der Waals surface area contributed by atoms with Gasteiger partial charge in [-0.1, -0.05) is 60.7 Å². The number of phenols is 1. The Morgan fingerprint density at radius 2 is 1.40 bits per heavy atom. The Morgan fingerprint density at radius 1 is 0.700 bits per heavy atom. The number of aliphatic imine (C=N–C) groups is 1. The summed E-state index contributed by atoms with van der Waals surface area (Å²) in [4.78, 5) is 4.79. The molecule has 0 spiro atoms. The highest BCUT2D eigenvalue weighted by atomic mass is 16.3. The zero-order valence-electron chi connectivity index (χ0n) is 16.2. The Balaban J connectivity index is 1.58. The minimum atomic E-state index is -0.778. The third-order valence-corrected chi connectivity index (χ3v) is 5.33. The van der Waals surface area contributed by atoms with Crippen molar-refractivity contribution in [2.45, 2.75) is 5.54 Å². The van der Waals surface area contributed by atoms with Gasteiger partial charge in [0, 0.05) is 11.8 Å². The molecule has 4 aromatic carbocycles. The molecule has 1 N–H and O–H groups in total. The van der Waals surface area contributed by atoms with Crippen LogP contribution in [-0.2, 0) is 5.54 Å². The predicted molar refractivity (Wildman–Crippen MR) is 121 cm³/mol. The lowest BCUT2D eigenvalue weighted by Gasteiger charge is -2.28. The normalized spacial score (nSPS) is 17.9. The van der Waals surface area contributed by atoms with E-state index in [4.69, 9.17) is 4.99 Å². The van der Waals surface area contributed by atoms with Gasteiger partial charge in [-0.05, 0) is 58.8 Å². The van der Waals surface area contributed by atoms with Gasteiger partial charge in [0.15, 0.2) is 0 Å². The zero-order chi connectivity index (χ0) is 20.4. The maximum Gasteiger partial charge on any atom is 0.133 e. The standard InChI is InChI=1S/C26H19N3O/c30-24-16-11-19-7-4-5-10-23(19)25(24)26(17-6-18-27-26)20-12-14-22(15-13-20)29-28-21-8-2-1-3-9-21/h1-18,30H. The van der Waals surface area contributed by atoms with Crippen molar-refractivity contribution in [3.63, 3.8) is 0 Å². The van der Waals surface area contributed by atoms with Crippen LogP contribution in [0.3, 0.4) is 0 Å². The minimum Gasteiger partial charge on any atom is -0.508 e. The van der Waals surface area contributed by atoms with Gasteiger partial charge in [-0.3, -0.25) is 4.99 Å². The van der Waals surface area contributed by atoms with E-state index >= 15 is 0 Å². The largest absolute Gasteiger partial charge is 0.508 e. The second-order valence-electron chi connectivity index (χ2n) is 7.17. The van der Waals surface area contributed by atoms with Gasteiger partial charge in [0.05, 0.1) is 11.4 Å². The number of rotatable bonds is 4. The molecule has 0 aliphatic carbocycles. The fourth-order valence-electron chi connectivity index (χ4n) is 3.90. The van der Waals surface area contributed by atoms with Crippen LogP contribution in [0, 0.1) is 0 Å². The second kappa shape index (κ2) is 7.41. The number of hydrogen-bond donors (Lipinski definition) is 1. The molecule has 0 bridgehead atoms. The first-order valence-corrected chi connectivity index (χ1v) is 9.78. The fourth-order valence-corrected chi connectivity index (χ4v) is 3.90. The summed E-state index contributed by atoms with van der Waals surface area (Å²) in [5, 5.41) is 21.5. The monoisotopic (exact) mass is 389 g/mol. The first-order valence-electron chi connectivity index (χ1n) is 9.78. The summed E-state index contributed by atoms with van der Waals surface area (Å²) in [5.74, 6) is 0.227. The van der Waals surface area contributed by atoms with E-state index < -0.39 is 5.54 Å². The quantitative estimate of drug-likeness (QED) is 0.381. The number of hydrogen-bond acceptors (Lipinski definition) is 4. The average molecular weight is 389 g/mol. The molecule has 0 aromatic heterocycles. The Bertz CT molecular complexity index is 1280. The first-order chi connectivity index (χ1) is 14.8. The van der Waals surface area contributed by atoms with Crippen LogP contribution in [0.1, 0.15) is 11.1 Å². The highest BCUT2D eigenvalue weighted by Gasteiger charge is 2.36. The Morgan fingerprint density at radius 3 is 2.13 bits per heavy atom. The summed E-state index contributed by atoms with van der Waals surface area (Å²) in [6.07, 6.45) is 5.73. The number of allylic oxidation sites excluding steroid dienone is 1. The van der Waals surface area contributed by atoms with Crippen LogP contribution in [0.15, 0.2) is 118 Å². The SMILES string of the molecule is Oc1ccc2ccccc2c1C1(c2ccc(N=Nc3ccccc3)cc2)C=CC=N1. The van der Waals surface area contributed by atoms with E-state index in [0.717, 1.165) is 33.3 Å². The topological polar surface area (TPSA) is 57.3 Å². The van der Waals surface area contributed by atoms with Crippen molar-refractivity contribution in [3.8, 4) is 5.75 Å². The van der Waals surface area contributed by atoms with Crippen LogP contribution in [0.4, 0.5) is 11.4 Å². The van der Waals surface area contributed by atoms with Crippen molar-refractivity contribution in [1.82, 2.24) is 0 Å². The lowest BCUT2D eigenvalue weighted by atomic mass is 9.80. The summed E-state index contributed by atoms with van der Waals surface area (Å²) >= 11 is 0. The van der Waals surface area contributed by atoms with E-state index in [1.54, 1.807) is 12.3 Å². The molecule has 4 heteroatoms. The Kier molecular flexibility index (Phi) is 4.45. The van der Waals surface area contributed by atoms with Crippen LogP contribution < -0.4 is 0 Å². The molecule has 4 aromatic rings. The molecule has 0 fully saturated rings. The Labute approximate surface area is 174 Å². The van der Waals surface area contributed by atoms with Gasteiger partial charge < -0.3 is 5.11 Å². The summed E-state index contributed by atoms with van der Waals surface area (Å²) < 4.78 is 0. The lowest BCUT2D eigenvalue weighted by Crippen LogP contribution is -2.21. The van der Waals surface area contributed by atoms with E-state index in [1.807, 2.05) is 97.1 Å². The first kappa shape index (κ1) is 18.0. The van der Waals surface area contributed by atoms with Gasteiger partial charge in [0.2, 0.25) is 0 Å².